The summed E-state index contributed by atoms with van der Waals surface area (Å²) in [6, 6.07) is 8.61. The molecule has 110 valence electrons. The summed E-state index contributed by atoms with van der Waals surface area (Å²) in [6.07, 6.45) is 6.50. The Hall–Kier alpha value is -1.06. The lowest BCUT2D eigenvalue weighted by atomic mass is 9.84. The maximum atomic E-state index is 11.0. The third-order valence-electron chi connectivity index (χ3n) is 5.07. The van der Waals surface area contributed by atoms with E-state index in [0.29, 0.717) is 6.04 Å². The molecule has 1 aromatic carbocycles. The first-order valence-electron chi connectivity index (χ1n) is 7.81. The summed E-state index contributed by atoms with van der Waals surface area (Å²) < 4.78 is 5.18. The van der Waals surface area contributed by atoms with Gasteiger partial charge in [0.05, 0.1) is 12.7 Å². The van der Waals surface area contributed by atoms with Gasteiger partial charge in [-0.3, -0.25) is 4.90 Å². The second-order valence-electron chi connectivity index (χ2n) is 6.25. The van der Waals surface area contributed by atoms with Gasteiger partial charge in [0.15, 0.2) is 0 Å². The van der Waals surface area contributed by atoms with Crippen LogP contribution in [0.1, 0.15) is 37.7 Å². The highest BCUT2D eigenvalue weighted by Gasteiger charge is 2.45. The largest absolute Gasteiger partial charge is 0.497 e. The summed E-state index contributed by atoms with van der Waals surface area (Å²) in [6.45, 7) is 2.25. The number of aryl methyl sites for hydroxylation is 1. The highest BCUT2D eigenvalue weighted by atomic mass is 16.5. The van der Waals surface area contributed by atoms with Gasteiger partial charge in [-0.2, -0.15) is 0 Å². The van der Waals surface area contributed by atoms with E-state index in [4.69, 9.17) is 4.74 Å². The number of hydrogen-bond acceptors (Lipinski definition) is 3. The Morgan fingerprint density at radius 1 is 1.25 bits per heavy atom. The van der Waals surface area contributed by atoms with Gasteiger partial charge in [0.1, 0.15) is 5.75 Å². The van der Waals surface area contributed by atoms with E-state index in [2.05, 4.69) is 17.0 Å². The van der Waals surface area contributed by atoms with Crippen LogP contribution in [0.15, 0.2) is 24.3 Å². The van der Waals surface area contributed by atoms with Crippen LogP contribution in [0, 0.1) is 0 Å². The Morgan fingerprint density at radius 2 is 2.05 bits per heavy atom. The van der Waals surface area contributed by atoms with Crippen molar-refractivity contribution in [1.82, 2.24) is 4.90 Å². The van der Waals surface area contributed by atoms with Gasteiger partial charge in [-0.15, -0.1) is 0 Å². The molecule has 2 atom stereocenters. The van der Waals surface area contributed by atoms with E-state index in [1.54, 1.807) is 7.11 Å². The molecule has 2 heterocycles. The summed E-state index contributed by atoms with van der Waals surface area (Å²) in [7, 11) is 1.69. The predicted molar refractivity (Wildman–Crippen MR) is 80.1 cm³/mol. The van der Waals surface area contributed by atoms with Crippen LogP contribution in [-0.4, -0.2) is 41.8 Å². The zero-order chi connectivity index (χ0) is 14.0. The van der Waals surface area contributed by atoms with Crippen LogP contribution in [0.2, 0.25) is 0 Å². The molecule has 0 amide bonds. The molecule has 2 fully saturated rings. The maximum absolute atomic E-state index is 11.0. The average Bonchev–Trinajstić information content (AvgIpc) is 2.84. The molecule has 3 rings (SSSR count). The quantitative estimate of drug-likeness (QED) is 0.917. The van der Waals surface area contributed by atoms with E-state index in [1.807, 2.05) is 12.1 Å². The van der Waals surface area contributed by atoms with Crippen LogP contribution >= 0.6 is 0 Å². The fraction of sp³-hybridized carbons (Fsp3) is 0.647. The number of rotatable bonds is 4. The zero-order valence-corrected chi connectivity index (χ0v) is 12.3. The zero-order valence-electron chi connectivity index (χ0n) is 12.3. The Labute approximate surface area is 121 Å². The normalized spacial score (nSPS) is 30.2. The lowest BCUT2D eigenvalue weighted by Crippen LogP contribution is -2.47. The molecule has 2 aliphatic rings. The summed E-state index contributed by atoms with van der Waals surface area (Å²) >= 11 is 0. The number of benzene rings is 1. The first-order chi connectivity index (χ1) is 9.71. The number of hydrogen-bond donors (Lipinski definition) is 1. The molecule has 3 heteroatoms. The highest BCUT2D eigenvalue weighted by Crippen LogP contribution is 2.38. The first kappa shape index (κ1) is 13.9. The Kier molecular flexibility index (Phi) is 3.99. The van der Waals surface area contributed by atoms with E-state index >= 15 is 0 Å². The molecule has 3 nitrogen and oxygen atoms in total. The Morgan fingerprint density at radius 3 is 2.80 bits per heavy atom. The highest BCUT2D eigenvalue weighted by molar-refractivity contribution is 5.27. The fourth-order valence-electron chi connectivity index (χ4n) is 3.82. The van der Waals surface area contributed by atoms with E-state index in [1.165, 1.54) is 31.4 Å². The van der Waals surface area contributed by atoms with Crippen molar-refractivity contribution < 1.29 is 9.84 Å². The minimum atomic E-state index is -0.472. The summed E-state index contributed by atoms with van der Waals surface area (Å²) in [5, 5.41) is 11.0. The first-order valence-corrected chi connectivity index (χ1v) is 7.81. The molecule has 2 unspecified atom stereocenters. The molecule has 0 spiro atoms. The smallest absolute Gasteiger partial charge is 0.118 e. The van der Waals surface area contributed by atoms with Gasteiger partial charge in [-0.05, 0) is 56.3 Å². The maximum Gasteiger partial charge on any atom is 0.118 e. The minimum absolute atomic E-state index is 0.398. The standard InChI is InChI=1S/C17H25NO2/c1-20-15-7-5-14(6-8-15)9-10-17(19)11-13-18-12-3-2-4-16(17)18/h5-8,16,19H,2-4,9-13H2,1H3. The number of aliphatic hydroxyl groups is 1. The molecule has 2 aliphatic heterocycles. The van der Waals surface area contributed by atoms with Gasteiger partial charge in [0.2, 0.25) is 0 Å². The SMILES string of the molecule is COc1ccc(CCC2(O)CCN3CCCCC32)cc1. The molecule has 0 aliphatic carbocycles. The lowest BCUT2D eigenvalue weighted by molar-refractivity contribution is -0.0157. The molecule has 0 bridgehead atoms. The van der Waals surface area contributed by atoms with Crippen molar-refractivity contribution in [3.8, 4) is 5.75 Å². The number of piperidine rings is 1. The molecule has 2 saturated heterocycles. The van der Waals surface area contributed by atoms with Crippen molar-refractivity contribution in [3.63, 3.8) is 0 Å². The molecular weight excluding hydrogens is 250 g/mol. The van der Waals surface area contributed by atoms with Gasteiger partial charge < -0.3 is 9.84 Å². The summed E-state index contributed by atoms with van der Waals surface area (Å²) in [5.41, 5.74) is 0.814. The summed E-state index contributed by atoms with van der Waals surface area (Å²) in [5.74, 6) is 0.895. The monoisotopic (exact) mass is 275 g/mol. The van der Waals surface area contributed by atoms with Crippen molar-refractivity contribution in [1.29, 1.82) is 0 Å². The van der Waals surface area contributed by atoms with Gasteiger partial charge in [0.25, 0.3) is 0 Å². The molecule has 20 heavy (non-hydrogen) atoms. The number of methoxy groups -OCH3 is 1. The predicted octanol–water partition coefficient (Wildman–Crippen LogP) is 2.62. The van der Waals surface area contributed by atoms with Crippen molar-refractivity contribution in [2.45, 2.75) is 50.2 Å². The Bertz CT molecular complexity index is 445. The van der Waals surface area contributed by atoms with E-state index in [9.17, 15) is 5.11 Å². The molecule has 1 aromatic rings. The van der Waals surface area contributed by atoms with Crippen molar-refractivity contribution in [3.05, 3.63) is 29.8 Å². The van der Waals surface area contributed by atoms with Crippen molar-refractivity contribution in [2.75, 3.05) is 20.2 Å². The van der Waals surface area contributed by atoms with E-state index in [0.717, 1.165) is 31.6 Å². The third kappa shape index (κ3) is 2.70. The molecule has 0 radical (unpaired) electrons. The van der Waals surface area contributed by atoms with Crippen LogP contribution in [-0.2, 0) is 6.42 Å². The number of ether oxygens (including phenoxy) is 1. The Balaban J connectivity index is 1.61. The van der Waals surface area contributed by atoms with Gasteiger partial charge in [-0.25, -0.2) is 0 Å². The average molecular weight is 275 g/mol. The second kappa shape index (κ2) is 5.74. The topological polar surface area (TPSA) is 32.7 Å². The van der Waals surface area contributed by atoms with Crippen molar-refractivity contribution in [2.24, 2.45) is 0 Å². The molecule has 0 aromatic heterocycles. The van der Waals surface area contributed by atoms with Crippen LogP contribution in [0.4, 0.5) is 0 Å². The van der Waals surface area contributed by atoms with E-state index in [-0.39, 0.29) is 0 Å². The minimum Gasteiger partial charge on any atom is -0.497 e. The second-order valence-corrected chi connectivity index (χ2v) is 6.25. The summed E-state index contributed by atoms with van der Waals surface area (Å²) in [4.78, 5) is 2.50. The van der Waals surface area contributed by atoms with Gasteiger partial charge >= 0.3 is 0 Å². The lowest BCUT2D eigenvalue weighted by Gasteiger charge is -2.37. The van der Waals surface area contributed by atoms with Crippen LogP contribution in [0.25, 0.3) is 0 Å². The molecule has 1 N–H and O–H groups in total. The third-order valence-corrected chi connectivity index (χ3v) is 5.07. The number of nitrogens with zero attached hydrogens (tertiary/aromatic N) is 1. The van der Waals surface area contributed by atoms with Crippen molar-refractivity contribution >= 4 is 0 Å². The van der Waals surface area contributed by atoms with E-state index < -0.39 is 5.60 Å². The number of fused-ring (bicyclic) bond motifs is 1. The molecular formula is C17H25NO2. The molecule has 0 saturated carbocycles. The fourth-order valence-corrected chi connectivity index (χ4v) is 3.82. The van der Waals surface area contributed by atoms with Crippen LogP contribution < -0.4 is 4.74 Å². The van der Waals surface area contributed by atoms with Gasteiger partial charge in [0, 0.05) is 12.6 Å². The van der Waals surface area contributed by atoms with Gasteiger partial charge in [-0.1, -0.05) is 18.6 Å². The van der Waals surface area contributed by atoms with Crippen LogP contribution in [0.3, 0.4) is 0 Å². The van der Waals surface area contributed by atoms with Crippen LogP contribution in [0.5, 0.6) is 5.75 Å².